The minimum absolute atomic E-state index is 0.191. The molecule has 1 aliphatic rings. The highest BCUT2D eigenvalue weighted by Crippen LogP contribution is 2.40. The van der Waals surface area contributed by atoms with Crippen molar-refractivity contribution in [2.45, 2.75) is 77.3 Å². The first-order valence-corrected chi connectivity index (χ1v) is 11.7. The first-order chi connectivity index (χ1) is 16.4. The molecule has 0 N–H and O–H groups in total. The average molecular weight is 471 g/mol. The van der Waals surface area contributed by atoms with Gasteiger partial charge in [-0.05, 0) is 17.5 Å². The number of rotatable bonds is 12. The van der Waals surface area contributed by atoms with E-state index in [1.54, 1.807) is 0 Å². The largest absolute Gasteiger partial charge is 0.453 e. The summed E-state index contributed by atoms with van der Waals surface area (Å²) in [4.78, 5) is 23.8. The van der Waals surface area contributed by atoms with Gasteiger partial charge in [0.25, 0.3) is 0 Å². The summed E-state index contributed by atoms with van der Waals surface area (Å²) in [5.41, 5.74) is 1.04. The van der Waals surface area contributed by atoms with E-state index in [9.17, 15) is 9.59 Å². The molecule has 0 unspecified atom stereocenters. The van der Waals surface area contributed by atoms with Crippen LogP contribution in [0.3, 0.4) is 0 Å². The Bertz CT molecular complexity index is 902. The van der Waals surface area contributed by atoms with Crippen molar-refractivity contribution < 1.29 is 33.3 Å². The van der Waals surface area contributed by atoms with Crippen LogP contribution in [0, 0.1) is 0 Å². The summed E-state index contributed by atoms with van der Waals surface area (Å²) in [6, 6.07) is 19.6. The molecular formula is C27H34O7. The third kappa shape index (κ3) is 7.13. The Labute approximate surface area is 201 Å². The van der Waals surface area contributed by atoms with Crippen LogP contribution in [0.25, 0.3) is 0 Å². The molecule has 184 valence electrons. The van der Waals surface area contributed by atoms with Crippen molar-refractivity contribution in [2.75, 3.05) is 6.61 Å². The van der Waals surface area contributed by atoms with Gasteiger partial charge in [-0.1, -0.05) is 80.4 Å². The molecule has 2 aromatic carbocycles. The van der Waals surface area contributed by atoms with E-state index in [0.29, 0.717) is 13.0 Å². The highest BCUT2D eigenvalue weighted by atomic mass is 16.8. The Hall–Kier alpha value is -2.74. The lowest BCUT2D eigenvalue weighted by Gasteiger charge is -2.34. The Morgan fingerprint density at radius 3 is 2.03 bits per heavy atom. The van der Waals surface area contributed by atoms with Crippen LogP contribution in [-0.4, -0.2) is 42.6 Å². The van der Waals surface area contributed by atoms with Crippen molar-refractivity contribution in [1.29, 1.82) is 0 Å². The van der Waals surface area contributed by atoms with Gasteiger partial charge < -0.3 is 23.7 Å². The minimum atomic E-state index is -1.08. The second-order valence-corrected chi connectivity index (χ2v) is 8.53. The van der Waals surface area contributed by atoms with E-state index < -0.39 is 36.0 Å². The van der Waals surface area contributed by atoms with Crippen LogP contribution >= 0.6 is 0 Å². The fourth-order valence-corrected chi connectivity index (χ4v) is 4.16. The van der Waals surface area contributed by atoms with Crippen molar-refractivity contribution in [3.63, 3.8) is 0 Å². The standard InChI is InChI=1S/C27H34O7/c1-4-5-16-27(19-30-17-22-12-8-6-9-13-22)25(31-18-23-14-10-7-11-15-23)24(32-20(2)28)26(34-27)33-21(3)29/h6-15,24-26H,4-5,16-19H2,1-3H3/t24-,25+,26+,27-/m1/s1. The summed E-state index contributed by atoms with van der Waals surface area (Å²) in [6.45, 7) is 5.56. The molecule has 1 saturated heterocycles. The zero-order valence-corrected chi connectivity index (χ0v) is 20.1. The molecule has 0 aromatic heterocycles. The van der Waals surface area contributed by atoms with Crippen LogP contribution in [-0.2, 0) is 46.5 Å². The van der Waals surface area contributed by atoms with E-state index in [1.807, 2.05) is 60.7 Å². The normalized spacial score (nSPS) is 24.0. The third-order valence-electron chi connectivity index (χ3n) is 5.70. The van der Waals surface area contributed by atoms with Crippen molar-refractivity contribution >= 4 is 11.9 Å². The number of ether oxygens (including phenoxy) is 5. The summed E-state index contributed by atoms with van der Waals surface area (Å²) < 4.78 is 29.8. The van der Waals surface area contributed by atoms with Crippen molar-refractivity contribution in [3.8, 4) is 0 Å². The molecule has 0 aliphatic carbocycles. The van der Waals surface area contributed by atoms with E-state index >= 15 is 0 Å². The predicted molar refractivity (Wildman–Crippen MR) is 126 cm³/mol. The van der Waals surface area contributed by atoms with Gasteiger partial charge in [0, 0.05) is 13.8 Å². The predicted octanol–water partition coefficient (Wildman–Crippen LogP) is 4.57. The van der Waals surface area contributed by atoms with Gasteiger partial charge in [-0.25, -0.2) is 0 Å². The Balaban J connectivity index is 1.88. The summed E-state index contributed by atoms with van der Waals surface area (Å²) in [6.07, 6.45) is -0.344. The van der Waals surface area contributed by atoms with Crippen LogP contribution in [0.1, 0.15) is 51.2 Å². The van der Waals surface area contributed by atoms with Crippen LogP contribution in [0.5, 0.6) is 0 Å². The molecule has 34 heavy (non-hydrogen) atoms. The molecule has 1 aliphatic heterocycles. The summed E-state index contributed by atoms with van der Waals surface area (Å²) >= 11 is 0. The number of esters is 2. The quantitative estimate of drug-likeness (QED) is 0.421. The lowest BCUT2D eigenvalue weighted by atomic mass is 9.90. The highest BCUT2D eigenvalue weighted by molar-refractivity contribution is 5.67. The van der Waals surface area contributed by atoms with Crippen molar-refractivity contribution in [2.24, 2.45) is 0 Å². The van der Waals surface area contributed by atoms with Gasteiger partial charge >= 0.3 is 11.9 Å². The molecule has 4 atom stereocenters. The number of unbranched alkanes of at least 4 members (excludes halogenated alkanes) is 1. The van der Waals surface area contributed by atoms with E-state index in [-0.39, 0.29) is 13.2 Å². The van der Waals surface area contributed by atoms with Gasteiger partial charge in [-0.2, -0.15) is 0 Å². The molecule has 7 heteroatoms. The number of hydrogen-bond donors (Lipinski definition) is 0. The monoisotopic (exact) mass is 470 g/mol. The summed E-state index contributed by atoms with van der Waals surface area (Å²) in [7, 11) is 0. The van der Waals surface area contributed by atoms with Crippen molar-refractivity contribution in [3.05, 3.63) is 71.8 Å². The smallest absolute Gasteiger partial charge is 0.305 e. The molecule has 0 spiro atoms. The third-order valence-corrected chi connectivity index (χ3v) is 5.70. The molecule has 3 rings (SSSR count). The van der Waals surface area contributed by atoms with Gasteiger partial charge in [0.05, 0.1) is 19.8 Å². The second kappa shape index (κ2) is 12.6. The molecule has 1 fully saturated rings. The Morgan fingerprint density at radius 1 is 0.882 bits per heavy atom. The zero-order valence-electron chi connectivity index (χ0n) is 20.1. The maximum atomic E-state index is 12.0. The lowest BCUT2D eigenvalue weighted by molar-refractivity contribution is -0.213. The molecule has 1 heterocycles. The zero-order chi connectivity index (χ0) is 24.4. The fourth-order valence-electron chi connectivity index (χ4n) is 4.16. The van der Waals surface area contributed by atoms with E-state index in [1.165, 1.54) is 13.8 Å². The van der Waals surface area contributed by atoms with E-state index in [4.69, 9.17) is 23.7 Å². The van der Waals surface area contributed by atoms with Gasteiger partial charge in [0.1, 0.15) is 11.7 Å². The van der Waals surface area contributed by atoms with Crippen LogP contribution < -0.4 is 0 Å². The average Bonchev–Trinajstić information content (AvgIpc) is 3.08. The first-order valence-electron chi connectivity index (χ1n) is 11.7. The van der Waals surface area contributed by atoms with Crippen LogP contribution in [0.2, 0.25) is 0 Å². The molecule has 0 bridgehead atoms. The van der Waals surface area contributed by atoms with Crippen molar-refractivity contribution in [1.82, 2.24) is 0 Å². The molecular weight excluding hydrogens is 436 g/mol. The number of benzene rings is 2. The highest BCUT2D eigenvalue weighted by Gasteiger charge is 2.59. The lowest BCUT2D eigenvalue weighted by Crippen LogP contribution is -2.49. The maximum absolute atomic E-state index is 12.0. The molecule has 2 aromatic rings. The van der Waals surface area contributed by atoms with E-state index in [2.05, 4.69) is 6.92 Å². The topological polar surface area (TPSA) is 80.3 Å². The summed E-state index contributed by atoms with van der Waals surface area (Å²) in [5.74, 6) is -1.03. The summed E-state index contributed by atoms with van der Waals surface area (Å²) in [5, 5.41) is 0. The van der Waals surface area contributed by atoms with Gasteiger partial charge in [0.2, 0.25) is 6.29 Å². The molecule has 0 amide bonds. The number of carbonyl (C=O) groups is 2. The Kier molecular flexibility index (Phi) is 9.62. The molecule has 7 nitrogen and oxygen atoms in total. The van der Waals surface area contributed by atoms with Gasteiger partial charge in [0.15, 0.2) is 6.10 Å². The van der Waals surface area contributed by atoms with Gasteiger partial charge in [-0.15, -0.1) is 0 Å². The second-order valence-electron chi connectivity index (χ2n) is 8.53. The first kappa shape index (κ1) is 25.9. The SMILES string of the molecule is CCCC[C@]1(COCc2ccccc2)O[C@H](OC(C)=O)[C@H](OC(C)=O)[C@@H]1OCc1ccccc1. The minimum Gasteiger partial charge on any atom is -0.453 e. The van der Waals surface area contributed by atoms with Crippen LogP contribution in [0.4, 0.5) is 0 Å². The number of hydrogen-bond acceptors (Lipinski definition) is 7. The van der Waals surface area contributed by atoms with Gasteiger partial charge in [-0.3, -0.25) is 9.59 Å². The Morgan fingerprint density at radius 2 is 1.47 bits per heavy atom. The number of carbonyl (C=O) groups excluding carboxylic acids is 2. The fraction of sp³-hybridized carbons (Fsp3) is 0.481. The molecule has 0 saturated carbocycles. The maximum Gasteiger partial charge on any atom is 0.305 e. The van der Waals surface area contributed by atoms with Crippen LogP contribution in [0.15, 0.2) is 60.7 Å². The van der Waals surface area contributed by atoms with E-state index in [0.717, 1.165) is 24.0 Å². The molecule has 0 radical (unpaired) electrons.